The number of nitrogen functional groups attached to an aromatic ring is 1. The van der Waals surface area contributed by atoms with Crippen LogP contribution in [0.2, 0.25) is 0 Å². The summed E-state index contributed by atoms with van der Waals surface area (Å²) in [6, 6.07) is 2.71. The van der Waals surface area contributed by atoms with E-state index in [1.54, 1.807) is 13.8 Å². The summed E-state index contributed by atoms with van der Waals surface area (Å²) in [4.78, 5) is 10.2. The summed E-state index contributed by atoms with van der Waals surface area (Å²) >= 11 is 0. The zero-order valence-electron chi connectivity index (χ0n) is 9.00. The van der Waals surface area contributed by atoms with Crippen LogP contribution in [0, 0.1) is 33.8 Å². The SMILES string of the molecule is CC#Cc1cc([N+](=O)[O-])cc(C#CC)c1N. The van der Waals surface area contributed by atoms with Gasteiger partial charge >= 0.3 is 0 Å². The van der Waals surface area contributed by atoms with Crippen molar-refractivity contribution in [2.75, 3.05) is 5.73 Å². The topological polar surface area (TPSA) is 69.2 Å². The molecule has 0 amide bonds. The van der Waals surface area contributed by atoms with E-state index in [1.807, 2.05) is 0 Å². The predicted octanol–water partition coefficient (Wildman–Crippen LogP) is 1.92. The molecule has 1 aromatic carbocycles. The molecule has 0 radical (unpaired) electrons. The zero-order chi connectivity index (χ0) is 12.1. The molecule has 4 heteroatoms. The highest BCUT2D eigenvalue weighted by Crippen LogP contribution is 2.23. The molecular formula is C12H10N2O2. The lowest BCUT2D eigenvalue weighted by molar-refractivity contribution is -0.384. The molecule has 0 saturated heterocycles. The Labute approximate surface area is 93.6 Å². The van der Waals surface area contributed by atoms with Crippen molar-refractivity contribution in [2.45, 2.75) is 13.8 Å². The molecule has 16 heavy (non-hydrogen) atoms. The van der Waals surface area contributed by atoms with Crippen molar-refractivity contribution in [1.29, 1.82) is 0 Å². The monoisotopic (exact) mass is 214 g/mol. The molecule has 0 spiro atoms. The quantitative estimate of drug-likeness (QED) is 0.336. The molecule has 0 atom stereocenters. The molecule has 0 saturated carbocycles. The van der Waals surface area contributed by atoms with Gasteiger partial charge in [-0.2, -0.15) is 0 Å². The first-order chi connectivity index (χ1) is 7.60. The molecule has 0 aromatic heterocycles. The molecule has 2 N–H and O–H groups in total. The van der Waals surface area contributed by atoms with E-state index < -0.39 is 4.92 Å². The van der Waals surface area contributed by atoms with Gasteiger partial charge in [-0.25, -0.2) is 0 Å². The van der Waals surface area contributed by atoms with Crippen LogP contribution < -0.4 is 5.73 Å². The van der Waals surface area contributed by atoms with Crippen LogP contribution in [-0.4, -0.2) is 4.92 Å². The number of non-ortho nitro benzene ring substituents is 1. The smallest absolute Gasteiger partial charge is 0.272 e. The fourth-order valence-electron chi connectivity index (χ4n) is 1.22. The molecule has 80 valence electrons. The molecule has 0 aliphatic heterocycles. The molecule has 0 bridgehead atoms. The van der Waals surface area contributed by atoms with Gasteiger partial charge in [0, 0.05) is 12.1 Å². The average molecular weight is 214 g/mol. The second-order valence-electron chi connectivity index (χ2n) is 2.96. The van der Waals surface area contributed by atoms with Crippen LogP contribution in [0.4, 0.5) is 11.4 Å². The zero-order valence-corrected chi connectivity index (χ0v) is 9.00. The minimum atomic E-state index is -0.485. The van der Waals surface area contributed by atoms with Crippen LogP contribution in [-0.2, 0) is 0 Å². The molecule has 1 aromatic rings. The van der Waals surface area contributed by atoms with Crippen LogP contribution >= 0.6 is 0 Å². The van der Waals surface area contributed by atoms with Crippen molar-refractivity contribution in [3.05, 3.63) is 33.4 Å². The second kappa shape index (κ2) is 4.86. The molecule has 0 fully saturated rings. The van der Waals surface area contributed by atoms with Crippen molar-refractivity contribution in [3.63, 3.8) is 0 Å². The lowest BCUT2D eigenvalue weighted by Gasteiger charge is -2.02. The number of nitro benzene ring substituents is 1. The predicted molar refractivity (Wildman–Crippen MR) is 62.6 cm³/mol. The van der Waals surface area contributed by atoms with Gasteiger partial charge in [0.1, 0.15) is 0 Å². The highest BCUT2D eigenvalue weighted by atomic mass is 16.6. The van der Waals surface area contributed by atoms with Crippen LogP contribution in [0.3, 0.4) is 0 Å². The third kappa shape index (κ3) is 2.31. The summed E-state index contributed by atoms with van der Waals surface area (Å²) in [5.41, 5.74) is 7.01. The average Bonchev–Trinajstić information content (AvgIpc) is 2.24. The van der Waals surface area contributed by atoms with Gasteiger partial charge in [0.05, 0.1) is 21.7 Å². The molecule has 0 heterocycles. The summed E-state index contributed by atoms with van der Waals surface area (Å²) < 4.78 is 0. The maximum absolute atomic E-state index is 10.7. The maximum atomic E-state index is 10.7. The van der Waals surface area contributed by atoms with E-state index in [4.69, 9.17) is 5.73 Å². The van der Waals surface area contributed by atoms with E-state index in [0.717, 1.165) is 0 Å². The minimum Gasteiger partial charge on any atom is -0.397 e. The Balaban J connectivity index is 3.52. The van der Waals surface area contributed by atoms with Gasteiger partial charge in [0.15, 0.2) is 0 Å². The molecule has 1 rings (SSSR count). The van der Waals surface area contributed by atoms with Crippen molar-refractivity contribution >= 4 is 11.4 Å². The number of benzene rings is 1. The lowest BCUT2D eigenvalue weighted by Crippen LogP contribution is -1.98. The number of hydrogen-bond acceptors (Lipinski definition) is 3. The Morgan fingerprint density at radius 1 is 1.19 bits per heavy atom. The Kier molecular flexibility index (Phi) is 3.53. The molecule has 0 unspecified atom stereocenters. The van der Waals surface area contributed by atoms with Crippen LogP contribution in [0.15, 0.2) is 12.1 Å². The summed E-state index contributed by atoms with van der Waals surface area (Å²) in [5.74, 6) is 10.8. The fraction of sp³-hybridized carbons (Fsp3) is 0.167. The van der Waals surface area contributed by atoms with Crippen molar-refractivity contribution < 1.29 is 4.92 Å². The van der Waals surface area contributed by atoms with Gasteiger partial charge in [-0.05, 0) is 13.8 Å². The lowest BCUT2D eigenvalue weighted by atomic mass is 10.1. The summed E-state index contributed by atoms with van der Waals surface area (Å²) in [6.07, 6.45) is 0. The van der Waals surface area contributed by atoms with Gasteiger partial charge in [-0.3, -0.25) is 10.1 Å². The largest absolute Gasteiger partial charge is 0.397 e. The van der Waals surface area contributed by atoms with E-state index in [9.17, 15) is 10.1 Å². The number of hydrogen-bond donors (Lipinski definition) is 1. The Morgan fingerprint density at radius 3 is 1.94 bits per heavy atom. The van der Waals surface area contributed by atoms with Gasteiger partial charge in [-0.1, -0.05) is 11.8 Å². The number of anilines is 1. The van der Waals surface area contributed by atoms with Crippen molar-refractivity contribution in [2.24, 2.45) is 0 Å². The molecule has 0 aliphatic carbocycles. The van der Waals surface area contributed by atoms with Crippen LogP contribution in [0.5, 0.6) is 0 Å². The number of nitrogens with zero attached hydrogens (tertiary/aromatic N) is 1. The number of nitro groups is 1. The van der Waals surface area contributed by atoms with E-state index in [2.05, 4.69) is 23.7 Å². The van der Waals surface area contributed by atoms with E-state index >= 15 is 0 Å². The summed E-state index contributed by atoms with van der Waals surface area (Å²) in [7, 11) is 0. The Morgan fingerprint density at radius 2 is 1.62 bits per heavy atom. The third-order valence-electron chi connectivity index (χ3n) is 1.89. The van der Waals surface area contributed by atoms with E-state index in [-0.39, 0.29) is 5.69 Å². The Bertz CT molecular complexity index is 513. The molecular weight excluding hydrogens is 204 g/mol. The summed E-state index contributed by atoms with van der Waals surface area (Å²) in [6.45, 7) is 3.28. The molecule has 0 aliphatic rings. The van der Waals surface area contributed by atoms with Gasteiger partial charge in [0.2, 0.25) is 0 Å². The van der Waals surface area contributed by atoms with Gasteiger partial charge < -0.3 is 5.73 Å². The van der Waals surface area contributed by atoms with E-state index in [1.165, 1.54) is 12.1 Å². The highest BCUT2D eigenvalue weighted by Gasteiger charge is 2.12. The standard InChI is InChI=1S/C12H10N2O2/c1-3-5-9-7-11(14(15)16)8-10(6-4-2)12(9)13/h7-8H,13H2,1-2H3. The van der Waals surface area contributed by atoms with Crippen LogP contribution in [0.1, 0.15) is 25.0 Å². The Hall–Kier alpha value is -2.46. The highest BCUT2D eigenvalue weighted by molar-refractivity contribution is 5.69. The summed E-state index contributed by atoms with van der Waals surface area (Å²) in [5, 5.41) is 10.7. The normalized spacial score (nSPS) is 8.38. The number of rotatable bonds is 1. The van der Waals surface area contributed by atoms with Crippen molar-refractivity contribution in [1.82, 2.24) is 0 Å². The van der Waals surface area contributed by atoms with Gasteiger partial charge in [0.25, 0.3) is 5.69 Å². The van der Waals surface area contributed by atoms with Crippen molar-refractivity contribution in [3.8, 4) is 23.7 Å². The second-order valence-corrected chi connectivity index (χ2v) is 2.96. The van der Waals surface area contributed by atoms with E-state index in [0.29, 0.717) is 16.8 Å². The first-order valence-corrected chi connectivity index (χ1v) is 4.53. The number of nitrogens with two attached hydrogens (primary N) is 1. The van der Waals surface area contributed by atoms with Gasteiger partial charge in [-0.15, -0.1) is 11.8 Å². The maximum Gasteiger partial charge on any atom is 0.272 e. The first-order valence-electron chi connectivity index (χ1n) is 4.53. The molecule has 4 nitrogen and oxygen atoms in total. The third-order valence-corrected chi connectivity index (χ3v) is 1.89. The minimum absolute atomic E-state index is 0.0512. The van der Waals surface area contributed by atoms with Crippen LogP contribution in [0.25, 0.3) is 0 Å². The fourth-order valence-corrected chi connectivity index (χ4v) is 1.22. The first kappa shape index (κ1) is 11.6.